The summed E-state index contributed by atoms with van der Waals surface area (Å²) in [6.07, 6.45) is 0. The third-order valence-electron chi connectivity index (χ3n) is 0.504. The van der Waals surface area contributed by atoms with Crippen LogP contribution in [0.15, 0.2) is 5.16 Å². The van der Waals surface area contributed by atoms with E-state index < -0.39 is 11.6 Å². The lowest BCUT2D eigenvalue weighted by molar-refractivity contribution is -0.112. The molecule has 1 amide bonds. The van der Waals surface area contributed by atoms with E-state index in [1.807, 2.05) is 0 Å². The summed E-state index contributed by atoms with van der Waals surface area (Å²) in [7, 11) is 1.19. The van der Waals surface area contributed by atoms with Gasteiger partial charge in [0.05, 0.1) is 0 Å². The molecule has 0 heterocycles. The third-order valence-corrected chi connectivity index (χ3v) is 0.504. The minimum absolute atomic E-state index is 0.544. The Bertz CT molecular complexity index is 179. The van der Waals surface area contributed by atoms with Gasteiger partial charge >= 0.3 is 5.91 Å². The van der Waals surface area contributed by atoms with Crippen molar-refractivity contribution in [3.05, 3.63) is 0 Å². The second-order valence-corrected chi connectivity index (χ2v) is 1.06. The molecule has 0 fully saturated rings. The minimum Gasteiger partial charge on any atom is -0.398 e. The van der Waals surface area contributed by atoms with Gasteiger partial charge < -0.3 is 4.84 Å². The fraction of sp³-hybridized carbons (Fsp3) is 0.250. The molecule has 0 atom stereocenters. The summed E-state index contributed by atoms with van der Waals surface area (Å²) in [5.41, 5.74) is 5.82. The molecular formula is C4H4N3O2. The second-order valence-electron chi connectivity index (χ2n) is 1.06. The fourth-order valence-electron chi connectivity index (χ4n) is 0.204. The SMILES string of the molecule is CON=C(C#N)C([NH])=O. The van der Waals surface area contributed by atoms with E-state index in [1.54, 1.807) is 0 Å². The molecule has 1 radical (unpaired) electrons. The maximum absolute atomic E-state index is 10.00. The van der Waals surface area contributed by atoms with E-state index in [2.05, 4.69) is 9.99 Å². The summed E-state index contributed by atoms with van der Waals surface area (Å²) in [6.45, 7) is 0. The Morgan fingerprint density at radius 3 is 2.56 bits per heavy atom. The van der Waals surface area contributed by atoms with Crippen molar-refractivity contribution in [1.29, 1.82) is 5.26 Å². The van der Waals surface area contributed by atoms with E-state index in [-0.39, 0.29) is 0 Å². The highest BCUT2D eigenvalue weighted by Crippen LogP contribution is 1.75. The van der Waals surface area contributed by atoms with E-state index in [0.717, 1.165) is 0 Å². The van der Waals surface area contributed by atoms with Gasteiger partial charge in [0, 0.05) is 0 Å². The predicted molar refractivity (Wildman–Crippen MR) is 28.2 cm³/mol. The van der Waals surface area contributed by atoms with Crippen LogP contribution in [-0.4, -0.2) is 18.7 Å². The van der Waals surface area contributed by atoms with Gasteiger partial charge in [-0.2, -0.15) is 5.26 Å². The number of nitriles is 1. The summed E-state index contributed by atoms with van der Waals surface area (Å²) in [4.78, 5) is 14.1. The van der Waals surface area contributed by atoms with Gasteiger partial charge in [-0.25, -0.2) is 0 Å². The van der Waals surface area contributed by atoms with Gasteiger partial charge in [-0.15, -0.1) is 0 Å². The number of oxime groups is 1. The number of hydrogen-bond acceptors (Lipinski definition) is 4. The molecule has 0 aromatic rings. The van der Waals surface area contributed by atoms with Crippen LogP contribution in [0.1, 0.15) is 0 Å². The summed E-state index contributed by atoms with van der Waals surface area (Å²) in [5, 5.41) is 11.0. The third kappa shape index (κ3) is 2.29. The highest BCUT2D eigenvalue weighted by molar-refractivity contribution is 6.44. The Balaban J connectivity index is 4.20. The smallest absolute Gasteiger partial charge is 0.302 e. The zero-order chi connectivity index (χ0) is 7.28. The van der Waals surface area contributed by atoms with Crippen LogP contribution >= 0.6 is 0 Å². The van der Waals surface area contributed by atoms with E-state index in [1.165, 1.54) is 13.2 Å². The van der Waals surface area contributed by atoms with Gasteiger partial charge in [-0.3, -0.25) is 10.5 Å². The van der Waals surface area contributed by atoms with Crippen molar-refractivity contribution in [2.24, 2.45) is 5.16 Å². The first-order valence-electron chi connectivity index (χ1n) is 1.99. The van der Waals surface area contributed by atoms with Gasteiger partial charge in [-0.1, -0.05) is 5.16 Å². The quantitative estimate of drug-likeness (QED) is 0.363. The van der Waals surface area contributed by atoms with Crippen molar-refractivity contribution >= 4 is 11.6 Å². The lowest BCUT2D eigenvalue weighted by atomic mass is 10.4. The summed E-state index contributed by atoms with van der Waals surface area (Å²) in [6, 6.07) is 1.39. The normalized spacial score (nSPS) is 10.0. The average Bonchev–Trinajstić information content (AvgIpc) is 1.82. The molecule has 0 aromatic carbocycles. The van der Waals surface area contributed by atoms with Crippen LogP contribution in [0, 0.1) is 11.3 Å². The number of carbonyl (C=O) groups excluding carboxylic acids is 1. The number of rotatable bonds is 2. The molecule has 5 nitrogen and oxygen atoms in total. The van der Waals surface area contributed by atoms with Gasteiger partial charge in [0.2, 0.25) is 5.71 Å². The van der Waals surface area contributed by atoms with E-state index in [4.69, 9.17) is 11.0 Å². The number of nitrogens with zero attached hydrogens (tertiary/aromatic N) is 2. The fourth-order valence-corrected chi connectivity index (χ4v) is 0.204. The molecule has 5 heteroatoms. The molecule has 0 saturated carbocycles. The maximum Gasteiger partial charge on any atom is 0.302 e. The molecule has 0 bridgehead atoms. The van der Waals surface area contributed by atoms with Crippen molar-refractivity contribution in [1.82, 2.24) is 5.73 Å². The molecule has 0 unspecified atom stereocenters. The molecule has 47 valence electrons. The topological polar surface area (TPSA) is 86.2 Å². The number of amides is 1. The van der Waals surface area contributed by atoms with Crippen LogP contribution in [0.2, 0.25) is 0 Å². The van der Waals surface area contributed by atoms with Crippen molar-refractivity contribution in [2.45, 2.75) is 0 Å². The summed E-state index contributed by atoms with van der Waals surface area (Å²) in [5.74, 6) is -1.14. The largest absolute Gasteiger partial charge is 0.398 e. The van der Waals surface area contributed by atoms with Crippen LogP contribution in [0.5, 0.6) is 0 Å². The Morgan fingerprint density at radius 1 is 1.89 bits per heavy atom. The Kier molecular flexibility index (Phi) is 2.84. The highest BCUT2D eigenvalue weighted by Gasteiger charge is 2.05. The molecule has 0 rings (SSSR count). The molecule has 0 saturated heterocycles. The van der Waals surface area contributed by atoms with E-state index in [0.29, 0.717) is 0 Å². The van der Waals surface area contributed by atoms with Gasteiger partial charge in [0.25, 0.3) is 0 Å². The molecule has 0 aliphatic heterocycles. The number of hydrogen-bond donors (Lipinski definition) is 0. The first-order chi connectivity index (χ1) is 4.22. The Morgan fingerprint density at radius 2 is 2.44 bits per heavy atom. The van der Waals surface area contributed by atoms with Crippen molar-refractivity contribution in [2.75, 3.05) is 7.11 Å². The monoisotopic (exact) mass is 126 g/mol. The van der Waals surface area contributed by atoms with Crippen LogP contribution in [0.3, 0.4) is 0 Å². The summed E-state index contributed by atoms with van der Waals surface area (Å²) >= 11 is 0. The molecule has 9 heavy (non-hydrogen) atoms. The number of carbonyl (C=O) groups is 1. The molecule has 0 aromatic heterocycles. The van der Waals surface area contributed by atoms with Crippen LogP contribution < -0.4 is 5.73 Å². The molecule has 0 aliphatic rings. The highest BCUT2D eigenvalue weighted by atomic mass is 16.6. The van der Waals surface area contributed by atoms with Crippen LogP contribution in [0.4, 0.5) is 0 Å². The zero-order valence-corrected chi connectivity index (χ0v) is 4.71. The predicted octanol–water partition coefficient (Wildman–Crippen LogP) is -0.678. The standard InChI is InChI=1S/C4H4N3O2/c1-9-7-3(2-5)4(6)8/h6H,1H3. The Labute approximate surface area is 51.7 Å². The second kappa shape index (κ2) is 3.43. The first kappa shape index (κ1) is 7.43. The average molecular weight is 126 g/mol. The first-order valence-corrected chi connectivity index (χ1v) is 1.99. The maximum atomic E-state index is 10.00. The lowest BCUT2D eigenvalue weighted by Crippen LogP contribution is -2.12. The molecule has 0 spiro atoms. The van der Waals surface area contributed by atoms with E-state index in [9.17, 15) is 4.79 Å². The summed E-state index contributed by atoms with van der Waals surface area (Å²) < 4.78 is 0. The zero-order valence-electron chi connectivity index (χ0n) is 4.71. The van der Waals surface area contributed by atoms with Crippen molar-refractivity contribution < 1.29 is 9.63 Å². The van der Waals surface area contributed by atoms with E-state index >= 15 is 0 Å². The molecular weight excluding hydrogens is 122 g/mol. The van der Waals surface area contributed by atoms with Crippen LogP contribution in [-0.2, 0) is 9.63 Å². The Hall–Kier alpha value is -1.57. The van der Waals surface area contributed by atoms with Gasteiger partial charge in [-0.05, 0) is 0 Å². The minimum atomic E-state index is -1.14. The van der Waals surface area contributed by atoms with Crippen LogP contribution in [0.25, 0.3) is 0 Å². The molecule has 1 N–H and O–H groups in total. The number of nitrogens with one attached hydrogen (secondary N) is 1. The van der Waals surface area contributed by atoms with Crippen molar-refractivity contribution in [3.63, 3.8) is 0 Å². The molecule has 0 aliphatic carbocycles. The van der Waals surface area contributed by atoms with Gasteiger partial charge in [0.15, 0.2) is 0 Å². The lowest BCUT2D eigenvalue weighted by Gasteiger charge is -1.85. The van der Waals surface area contributed by atoms with Gasteiger partial charge in [0.1, 0.15) is 13.2 Å². The van der Waals surface area contributed by atoms with Crippen molar-refractivity contribution in [3.8, 4) is 6.07 Å².